The van der Waals surface area contributed by atoms with Crippen LogP contribution in [0, 0.1) is 0 Å². The van der Waals surface area contributed by atoms with Crippen molar-refractivity contribution in [3.63, 3.8) is 0 Å². The highest BCUT2D eigenvalue weighted by molar-refractivity contribution is 5.82. The molecule has 2 unspecified atom stereocenters. The first-order valence-corrected chi connectivity index (χ1v) is 8.94. The van der Waals surface area contributed by atoms with Crippen LogP contribution in [0.3, 0.4) is 0 Å². The number of carbonyl (C=O) groups is 1. The van der Waals surface area contributed by atoms with Crippen molar-refractivity contribution in [1.29, 1.82) is 0 Å². The highest BCUT2D eigenvalue weighted by Gasteiger charge is 2.36. The third kappa shape index (κ3) is 4.43. The van der Waals surface area contributed by atoms with E-state index in [0.717, 1.165) is 11.5 Å². The summed E-state index contributed by atoms with van der Waals surface area (Å²) in [5.41, 5.74) is 0.327. The Balaban J connectivity index is 1.50. The summed E-state index contributed by atoms with van der Waals surface area (Å²) in [7, 11) is 0. The summed E-state index contributed by atoms with van der Waals surface area (Å²) in [6, 6.07) is 3.74. The number of aliphatic hydroxyl groups excluding tert-OH is 1. The number of aromatic nitrogens is 1. The molecule has 8 nitrogen and oxygen atoms in total. The van der Waals surface area contributed by atoms with Crippen molar-refractivity contribution in [2.24, 2.45) is 4.99 Å². The highest BCUT2D eigenvalue weighted by atomic mass is 16.6. The number of nitrogens with zero attached hydrogens (tertiary/aromatic N) is 4. The first-order chi connectivity index (χ1) is 12.3. The van der Waals surface area contributed by atoms with Gasteiger partial charge in [-0.25, -0.2) is 4.79 Å². The third-order valence-electron chi connectivity index (χ3n) is 4.40. The lowest BCUT2D eigenvalue weighted by Crippen LogP contribution is -2.57. The zero-order valence-corrected chi connectivity index (χ0v) is 15.6. The first kappa shape index (κ1) is 18.4. The molecule has 0 bridgehead atoms. The lowest BCUT2D eigenvalue weighted by Gasteiger charge is -2.39. The van der Waals surface area contributed by atoms with Crippen molar-refractivity contribution >= 4 is 12.1 Å². The number of hydrogen-bond acceptors (Lipinski definition) is 7. The Kier molecular flexibility index (Phi) is 5.31. The number of hydrogen-bond donors (Lipinski definition) is 2. The molecule has 142 valence electrons. The number of guanidine groups is 1. The Morgan fingerprint density at radius 2 is 2.12 bits per heavy atom. The van der Waals surface area contributed by atoms with Crippen LogP contribution in [0.5, 0.6) is 0 Å². The number of pyridine rings is 1. The zero-order valence-electron chi connectivity index (χ0n) is 15.6. The van der Waals surface area contributed by atoms with E-state index in [-0.39, 0.29) is 12.1 Å². The predicted octanol–water partition coefficient (Wildman–Crippen LogP) is 0.995. The Morgan fingerprint density at radius 3 is 2.81 bits per heavy atom. The molecule has 0 aliphatic carbocycles. The number of ether oxygens (including phenoxy) is 1. The molecule has 0 saturated carbocycles. The van der Waals surface area contributed by atoms with E-state index in [9.17, 15) is 9.90 Å². The van der Waals surface area contributed by atoms with Crippen molar-refractivity contribution in [2.45, 2.75) is 38.5 Å². The number of amides is 1. The van der Waals surface area contributed by atoms with E-state index < -0.39 is 11.7 Å². The summed E-state index contributed by atoms with van der Waals surface area (Å²) in [6.07, 6.45) is 2.43. The molecule has 2 aliphatic rings. The van der Waals surface area contributed by atoms with E-state index in [1.54, 1.807) is 29.4 Å². The van der Waals surface area contributed by atoms with E-state index in [1.807, 2.05) is 20.8 Å². The zero-order chi connectivity index (χ0) is 18.7. The number of aliphatic hydroxyl groups is 1. The predicted molar refractivity (Wildman–Crippen MR) is 97.8 cm³/mol. The molecular formula is C18H27N5O3. The second-order valence-corrected chi connectivity index (χ2v) is 7.62. The molecule has 8 heteroatoms. The Labute approximate surface area is 153 Å². The summed E-state index contributed by atoms with van der Waals surface area (Å²) >= 11 is 0. The van der Waals surface area contributed by atoms with Crippen LogP contribution in [0.1, 0.15) is 32.4 Å². The van der Waals surface area contributed by atoms with Crippen molar-refractivity contribution < 1.29 is 14.6 Å². The van der Waals surface area contributed by atoms with Crippen molar-refractivity contribution in [1.82, 2.24) is 20.1 Å². The minimum Gasteiger partial charge on any atom is -0.444 e. The molecule has 3 heterocycles. The second-order valence-electron chi connectivity index (χ2n) is 7.62. The van der Waals surface area contributed by atoms with Crippen LogP contribution < -0.4 is 5.32 Å². The molecule has 1 fully saturated rings. The maximum atomic E-state index is 12.2. The van der Waals surface area contributed by atoms with Crippen LogP contribution in [0.25, 0.3) is 0 Å². The maximum Gasteiger partial charge on any atom is 0.410 e. The molecule has 26 heavy (non-hydrogen) atoms. The van der Waals surface area contributed by atoms with Crippen molar-refractivity contribution in [2.75, 3.05) is 32.7 Å². The Morgan fingerprint density at radius 1 is 1.38 bits per heavy atom. The lowest BCUT2D eigenvalue weighted by molar-refractivity contribution is 0.0137. The molecule has 1 saturated heterocycles. The van der Waals surface area contributed by atoms with Gasteiger partial charge in [0.1, 0.15) is 5.60 Å². The molecule has 0 aromatic carbocycles. The molecular weight excluding hydrogens is 334 g/mol. The lowest BCUT2D eigenvalue weighted by atomic mass is 10.1. The van der Waals surface area contributed by atoms with Crippen LogP contribution >= 0.6 is 0 Å². The molecule has 2 aliphatic heterocycles. The summed E-state index contributed by atoms with van der Waals surface area (Å²) in [6.45, 7) is 8.51. The third-order valence-corrected chi connectivity index (χ3v) is 4.40. The minimum atomic E-state index is -0.622. The fourth-order valence-electron chi connectivity index (χ4n) is 3.11. The summed E-state index contributed by atoms with van der Waals surface area (Å²) < 4.78 is 5.46. The van der Waals surface area contributed by atoms with E-state index in [1.165, 1.54) is 0 Å². The van der Waals surface area contributed by atoms with Gasteiger partial charge in [0.25, 0.3) is 0 Å². The first-order valence-electron chi connectivity index (χ1n) is 8.94. The van der Waals surface area contributed by atoms with Gasteiger partial charge in [-0.3, -0.25) is 9.98 Å². The van der Waals surface area contributed by atoms with Crippen molar-refractivity contribution in [3.05, 3.63) is 30.1 Å². The van der Waals surface area contributed by atoms with E-state index in [0.29, 0.717) is 32.7 Å². The quantitative estimate of drug-likeness (QED) is 0.835. The van der Waals surface area contributed by atoms with Crippen molar-refractivity contribution in [3.8, 4) is 0 Å². The maximum absolute atomic E-state index is 12.2. The molecule has 1 amide bonds. The van der Waals surface area contributed by atoms with Crippen LogP contribution in [-0.2, 0) is 4.74 Å². The second kappa shape index (κ2) is 7.49. The number of nitrogens with one attached hydrogen (secondary N) is 1. The van der Waals surface area contributed by atoms with Gasteiger partial charge in [-0.15, -0.1) is 0 Å². The normalized spacial score (nSPS) is 21.1. The molecule has 1 aromatic rings. The van der Waals surface area contributed by atoms with Gasteiger partial charge in [-0.2, -0.15) is 0 Å². The van der Waals surface area contributed by atoms with Gasteiger partial charge in [0.2, 0.25) is 0 Å². The number of rotatable bonds is 3. The van der Waals surface area contributed by atoms with Gasteiger partial charge < -0.3 is 25.0 Å². The molecule has 0 spiro atoms. The average Bonchev–Trinajstić information content (AvgIpc) is 3.01. The summed E-state index contributed by atoms with van der Waals surface area (Å²) in [4.78, 5) is 24.7. The van der Waals surface area contributed by atoms with Crippen LogP contribution in [0.2, 0.25) is 0 Å². The topological polar surface area (TPSA) is 90.3 Å². The SMILES string of the molecule is CC(C)(C)OC(=O)N1CCN2C(NCC(O)c3ccncc3)=NCC2C1. The molecule has 1 aromatic heterocycles. The number of fused-ring (bicyclic) bond motifs is 1. The average molecular weight is 361 g/mol. The van der Waals surface area contributed by atoms with Gasteiger partial charge in [-0.1, -0.05) is 0 Å². The van der Waals surface area contributed by atoms with Crippen LogP contribution in [0.4, 0.5) is 4.79 Å². The smallest absolute Gasteiger partial charge is 0.410 e. The van der Waals surface area contributed by atoms with Gasteiger partial charge in [0.15, 0.2) is 5.96 Å². The number of carbonyl (C=O) groups excluding carboxylic acids is 1. The van der Waals surface area contributed by atoms with Gasteiger partial charge in [-0.05, 0) is 38.5 Å². The van der Waals surface area contributed by atoms with Gasteiger partial charge in [0, 0.05) is 38.6 Å². The number of piperazine rings is 1. The Bertz CT molecular complexity index is 659. The Hall–Kier alpha value is -2.35. The van der Waals surface area contributed by atoms with E-state index in [4.69, 9.17) is 4.74 Å². The van der Waals surface area contributed by atoms with E-state index >= 15 is 0 Å². The van der Waals surface area contributed by atoms with E-state index in [2.05, 4.69) is 20.2 Å². The number of aliphatic imine (C=N–C) groups is 1. The fraction of sp³-hybridized carbons (Fsp3) is 0.611. The molecule has 2 atom stereocenters. The standard InChI is InChI=1S/C18H27N5O3/c1-18(2,3)26-17(25)22-8-9-23-14(12-22)10-20-16(23)21-11-15(24)13-4-6-19-7-5-13/h4-7,14-15,24H,8-12H2,1-3H3,(H,20,21). The van der Waals surface area contributed by atoms with Crippen LogP contribution in [-0.4, -0.2) is 76.3 Å². The van der Waals surface area contributed by atoms with Gasteiger partial charge >= 0.3 is 6.09 Å². The molecule has 0 radical (unpaired) electrons. The highest BCUT2D eigenvalue weighted by Crippen LogP contribution is 2.19. The van der Waals surface area contributed by atoms with Gasteiger partial charge in [0.05, 0.1) is 18.7 Å². The monoisotopic (exact) mass is 361 g/mol. The van der Waals surface area contributed by atoms with Crippen LogP contribution in [0.15, 0.2) is 29.5 Å². The largest absolute Gasteiger partial charge is 0.444 e. The fourth-order valence-corrected chi connectivity index (χ4v) is 3.11. The molecule has 2 N–H and O–H groups in total. The summed E-state index contributed by atoms with van der Waals surface area (Å²) in [5, 5.41) is 13.5. The minimum absolute atomic E-state index is 0.150. The molecule has 3 rings (SSSR count). The summed E-state index contributed by atoms with van der Waals surface area (Å²) in [5.74, 6) is 0.784.